The molecule has 1 aromatic heterocycles. The first-order chi connectivity index (χ1) is 10.7. The maximum Gasteiger partial charge on any atom is 0.128 e. The van der Waals surface area contributed by atoms with E-state index in [0.717, 1.165) is 38.5 Å². The van der Waals surface area contributed by atoms with Crippen LogP contribution >= 0.6 is 0 Å². The van der Waals surface area contributed by atoms with Gasteiger partial charge in [0.25, 0.3) is 0 Å². The molecule has 0 N–H and O–H groups in total. The Morgan fingerprint density at radius 1 is 0.955 bits per heavy atom. The molecule has 22 heavy (non-hydrogen) atoms. The molecule has 0 saturated carbocycles. The highest BCUT2D eigenvalue weighted by Crippen LogP contribution is 2.17. The van der Waals surface area contributed by atoms with Gasteiger partial charge in [-0.2, -0.15) is 0 Å². The van der Waals surface area contributed by atoms with E-state index in [1.165, 1.54) is 11.1 Å². The van der Waals surface area contributed by atoms with E-state index in [9.17, 15) is 0 Å². The van der Waals surface area contributed by atoms with Gasteiger partial charge in [0.05, 0.1) is 0 Å². The van der Waals surface area contributed by atoms with Crippen LogP contribution in [0.4, 0.5) is 5.82 Å². The summed E-state index contributed by atoms with van der Waals surface area (Å²) in [6.45, 7) is 9.85. The van der Waals surface area contributed by atoms with Crippen LogP contribution in [0.1, 0.15) is 30.9 Å². The fourth-order valence-corrected chi connectivity index (χ4v) is 2.94. The van der Waals surface area contributed by atoms with Gasteiger partial charge in [-0.15, -0.1) is 0 Å². The highest BCUT2D eigenvalue weighted by molar-refractivity contribution is 5.38. The molecule has 3 nitrogen and oxygen atoms in total. The summed E-state index contributed by atoms with van der Waals surface area (Å²) in [7, 11) is 0. The van der Waals surface area contributed by atoms with Crippen molar-refractivity contribution in [3.63, 3.8) is 0 Å². The summed E-state index contributed by atoms with van der Waals surface area (Å²) in [5, 5.41) is 0. The SMILES string of the molecule is CC(C)c1ccc(CN2CCN(c3ccccn3)CC2)cc1. The zero-order valence-corrected chi connectivity index (χ0v) is 13.6. The Hall–Kier alpha value is -1.87. The van der Waals surface area contributed by atoms with E-state index in [4.69, 9.17) is 0 Å². The molecule has 3 rings (SSSR count). The number of hydrogen-bond acceptors (Lipinski definition) is 3. The molecule has 2 heterocycles. The van der Waals surface area contributed by atoms with Crippen molar-refractivity contribution in [1.29, 1.82) is 0 Å². The van der Waals surface area contributed by atoms with Crippen LogP contribution in [0, 0.1) is 0 Å². The van der Waals surface area contributed by atoms with Gasteiger partial charge in [0.1, 0.15) is 5.82 Å². The third-order valence-electron chi connectivity index (χ3n) is 4.40. The van der Waals surface area contributed by atoms with Gasteiger partial charge in [-0.3, -0.25) is 4.90 Å². The van der Waals surface area contributed by atoms with E-state index in [1.54, 1.807) is 0 Å². The third-order valence-corrected chi connectivity index (χ3v) is 4.40. The van der Waals surface area contributed by atoms with E-state index in [-0.39, 0.29) is 0 Å². The molecule has 2 aromatic rings. The Morgan fingerprint density at radius 3 is 2.27 bits per heavy atom. The van der Waals surface area contributed by atoms with Crippen molar-refractivity contribution in [3.8, 4) is 0 Å². The zero-order chi connectivity index (χ0) is 15.4. The van der Waals surface area contributed by atoms with Crippen molar-refractivity contribution in [2.45, 2.75) is 26.3 Å². The molecule has 0 bridgehead atoms. The minimum Gasteiger partial charge on any atom is -0.354 e. The number of piperazine rings is 1. The lowest BCUT2D eigenvalue weighted by Crippen LogP contribution is -2.46. The van der Waals surface area contributed by atoms with E-state index in [0.29, 0.717) is 5.92 Å². The van der Waals surface area contributed by atoms with Crippen LogP contribution in [-0.4, -0.2) is 36.1 Å². The number of rotatable bonds is 4. The Kier molecular flexibility index (Phi) is 4.74. The Labute approximate surface area is 133 Å². The first kappa shape index (κ1) is 15.0. The van der Waals surface area contributed by atoms with Crippen LogP contribution in [-0.2, 0) is 6.54 Å². The first-order valence-corrected chi connectivity index (χ1v) is 8.19. The first-order valence-electron chi connectivity index (χ1n) is 8.19. The molecular weight excluding hydrogens is 270 g/mol. The lowest BCUT2D eigenvalue weighted by Gasteiger charge is -2.35. The molecule has 1 aliphatic heterocycles. The molecule has 0 amide bonds. The lowest BCUT2D eigenvalue weighted by molar-refractivity contribution is 0.249. The number of nitrogens with zero attached hydrogens (tertiary/aromatic N) is 3. The van der Waals surface area contributed by atoms with E-state index in [1.807, 2.05) is 12.3 Å². The number of anilines is 1. The normalized spacial score (nSPS) is 16.2. The van der Waals surface area contributed by atoms with Gasteiger partial charge >= 0.3 is 0 Å². The third kappa shape index (κ3) is 3.66. The summed E-state index contributed by atoms with van der Waals surface area (Å²) >= 11 is 0. The van der Waals surface area contributed by atoms with E-state index < -0.39 is 0 Å². The molecule has 0 radical (unpaired) electrons. The zero-order valence-electron chi connectivity index (χ0n) is 13.6. The summed E-state index contributed by atoms with van der Waals surface area (Å²) < 4.78 is 0. The van der Waals surface area contributed by atoms with Crippen molar-refractivity contribution >= 4 is 5.82 Å². The fourth-order valence-electron chi connectivity index (χ4n) is 2.94. The molecule has 1 fully saturated rings. The topological polar surface area (TPSA) is 19.4 Å². The van der Waals surface area contributed by atoms with Gasteiger partial charge in [0, 0.05) is 38.9 Å². The molecule has 0 atom stereocenters. The van der Waals surface area contributed by atoms with Crippen LogP contribution in [0.3, 0.4) is 0 Å². The Morgan fingerprint density at radius 2 is 1.68 bits per heavy atom. The summed E-state index contributed by atoms with van der Waals surface area (Å²) in [6.07, 6.45) is 1.87. The number of aromatic nitrogens is 1. The van der Waals surface area contributed by atoms with Crippen LogP contribution in [0.25, 0.3) is 0 Å². The van der Waals surface area contributed by atoms with Gasteiger partial charge in [-0.05, 0) is 29.2 Å². The van der Waals surface area contributed by atoms with E-state index in [2.05, 4.69) is 65.0 Å². The van der Waals surface area contributed by atoms with Crippen LogP contribution in [0.15, 0.2) is 48.7 Å². The predicted molar refractivity (Wildman–Crippen MR) is 92.3 cm³/mol. The monoisotopic (exact) mass is 295 g/mol. The fraction of sp³-hybridized carbons (Fsp3) is 0.421. The van der Waals surface area contributed by atoms with Crippen LogP contribution in [0.2, 0.25) is 0 Å². The van der Waals surface area contributed by atoms with Gasteiger partial charge in [-0.1, -0.05) is 44.2 Å². The summed E-state index contributed by atoms with van der Waals surface area (Å²) in [4.78, 5) is 9.35. The maximum atomic E-state index is 4.45. The largest absolute Gasteiger partial charge is 0.354 e. The molecule has 1 aromatic carbocycles. The highest BCUT2D eigenvalue weighted by atomic mass is 15.3. The maximum absolute atomic E-state index is 4.45. The molecule has 0 aliphatic carbocycles. The second kappa shape index (κ2) is 6.93. The number of benzene rings is 1. The molecule has 116 valence electrons. The van der Waals surface area contributed by atoms with Gasteiger partial charge in [0.15, 0.2) is 0 Å². The van der Waals surface area contributed by atoms with Crippen molar-refractivity contribution in [2.24, 2.45) is 0 Å². The summed E-state index contributed by atoms with van der Waals surface area (Å²) in [5.41, 5.74) is 2.83. The summed E-state index contributed by atoms with van der Waals surface area (Å²) in [5.74, 6) is 1.71. The van der Waals surface area contributed by atoms with Gasteiger partial charge in [-0.25, -0.2) is 4.98 Å². The van der Waals surface area contributed by atoms with Gasteiger partial charge in [0.2, 0.25) is 0 Å². The average Bonchev–Trinajstić information content (AvgIpc) is 2.57. The van der Waals surface area contributed by atoms with Crippen molar-refractivity contribution in [1.82, 2.24) is 9.88 Å². The summed E-state index contributed by atoms with van der Waals surface area (Å²) in [6, 6.07) is 15.2. The molecule has 0 unspecified atom stereocenters. The van der Waals surface area contributed by atoms with Crippen LogP contribution in [0.5, 0.6) is 0 Å². The van der Waals surface area contributed by atoms with Crippen molar-refractivity contribution < 1.29 is 0 Å². The second-order valence-electron chi connectivity index (χ2n) is 6.35. The van der Waals surface area contributed by atoms with Crippen molar-refractivity contribution in [2.75, 3.05) is 31.1 Å². The van der Waals surface area contributed by atoms with Crippen molar-refractivity contribution in [3.05, 3.63) is 59.8 Å². The number of pyridine rings is 1. The predicted octanol–water partition coefficient (Wildman–Crippen LogP) is 3.53. The highest BCUT2D eigenvalue weighted by Gasteiger charge is 2.17. The average molecular weight is 295 g/mol. The molecule has 0 spiro atoms. The molecule has 1 aliphatic rings. The standard InChI is InChI=1S/C19H25N3/c1-16(2)18-8-6-17(7-9-18)15-21-11-13-22(14-12-21)19-5-3-4-10-20-19/h3-10,16H,11-15H2,1-2H3. The number of hydrogen-bond donors (Lipinski definition) is 0. The Bertz CT molecular complexity index is 569. The van der Waals surface area contributed by atoms with Crippen LogP contribution < -0.4 is 4.90 Å². The quantitative estimate of drug-likeness (QED) is 0.860. The molecular formula is C19H25N3. The minimum atomic E-state index is 0.607. The Balaban J connectivity index is 1.53. The molecule has 3 heteroatoms. The molecule has 1 saturated heterocycles. The van der Waals surface area contributed by atoms with Gasteiger partial charge < -0.3 is 4.90 Å². The second-order valence-corrected chi connectivity index (χ2v) is 6.35. The lowest BCUT2D eigenvalue weighted by atomic mass is 10.0. The minimum absolute atomic E-state index is 0.607. The smallest absolute Gasteiger partial charge is 0.128 e. The van der Waals surface area contributed by atoms with E-state index >= 15 is 0 Å².